The number of carbonyl (C=O) groups is 1. The number of pyridine rings is 2. The molecule has 0 aliphatic carbocycles. The summed E-state index contributed by atoms with van der Waals surface area (Å²) in [5, 5.41) is 0. The predicted molar refractivity (Wildman–Crippen MR) is 98.2 cm³/mol. The third-order valence-electron chi connectivity index (χ3n) is 4.35. The number of amides is 1. The molecule has 1 fully saturated rings. The number of hydrogen-bond acceptors (Lipinski definition) is 5. The molecule has 0 radical (unpaired) electrons. The number of likely N-dealkylation sites (tertiary alicyclic amines) is 1. The lowest BCUT2D eigenvalue weighted by molar-refractivity contribution is 0.0770. The van der Waals surface area contributed by atoms with Crippen LogP contribution in [0.4, 0.5) is 0 Å². The predicted octanol–water partition coefficient (Wildman–Crippen LogP) is 1.14. The Bertz CT molecular complexity index is 847. The Morgan fingerprint density at radius 2 is 2.19 bits per heavy atom. The molecule has 138 valence electrons. The molecule has 0 N–H and O–H groups in total. The van der Waals surface area contributed by atoms with E-state index in [9.17, 15) is 9.59 Å². The van der Waals surface area contributed by atoms with Gasteiger partial charge in [0.05, 0.1) is 12.2 Å². The molecule has 26 heavy (non-hydrogen) atoms. The molecule has 1 saturated heterocycles. The average Bonchev–Trinajstić information content (AvgIpc) is 3.05. The molecule has 2 aromatic rings. The lowest BCUT2D eigenvalue weighted by Gasteiger charge is -2.18. The number of aromatic nitrogens is 2. The molecule has 0 bridgehead atoms. The van der Waals surface area contributed by atoms with E-state index in [1.54, 1.807) is 36.5 Å². The summed E-state index contributed by atoms with van der Waals surface area (Å²) in [5.41, 5.74) is 0.864. The summed E-state index contributed by atoms with van der Waals surface area (Å²) in [4.78, 5) is 32.8. The molecule has 1 aliphatic heterocycles. The van der Waals surface area contributed by atoms with Crippen molar-refractivity contribution in [1.29, 1.82) is 0 Å². The number of rotatable bonds is 5. The highest BCUT2D eigenvalue weighted by atomic mass is 16.5. The van der Waals surface area contributed by atoms with Crippen LogP contribution in [0.5, 0.6) is 5.75 Å². The third-order valence-corrected chi connectivity index (χ3v) is 4.35. The van der Waals surface area contributed by atoms with Gasteiger partial charge in [-0.2, -0.15) is 0 Å². The fourth-order valence-electron chi connectivity index (χ4n) is 3.07. The minimum Gasteiger partial charge on any atom is -0.488 e. The summed E-state index contributed by atoms with van der Waals surface area (Å²) in [6.07, 6.45) is 4.04. The molecule has 1 unspecified atom stereocenters. The third kappa shape index (κ3) is 4.11. The van der Waals surface area contributed by atoms with E-state index in [1.165, 1.54) is 4.57 Å². The molecule has 3 rings (SSSR count). The van der Waals surface area contributed by atoms with Crippen LogP contribution in [0.25, 0.3) is 0 Å². The minimum atomic E-state index is -0.274. The van der Waals surface area contributed by atoms with Crippen molar-refractivity contribution in [3.8, 4) is 5.75 Å². The molecule has 1 atom stereocenters. The van der Waals surface area contributed by atoms with E-state index in [0.717, 1.165) is 24.4 Å². The van der Waals surface area contributed by atoms with Crippen LogP contribution < -0.4 is 10.3 Å². The molecule has 0 saturated carbocycles. The first-order valence-electron chi connectivity index (χ1n) is 8.65. The van der Waals surface area contributed by atoms with Gasteiger partial charge < -0.3 is 19.1 Å². The van der Waals surface area contributed by atoms with Gasteiger partial charge in [0, 0.05) is 45.0 Å². The van der Waals surface area contributed by atoms with Crippen LogP contribution in [-0.2, 0) is 13.6 Å². The lowest BCUT2D eigenvalue weighted by Crippen LogP contribution is -2.35. The van der Waals surface area contributed by atoms with Gasteiger partial charge in [0.25, 0.3) is 11.5 Å². The number of carbonyl (C=O) groups excluding carboxylic acids is 1. The maximum absolute atomic E-state index is 12.6. The highest BCUT2D eigenvalue weighted by Gasteiger charge is 2.29. The maximum Gasteiger partial charge on any atom is 0.263 e. The summed E-state index contributed by atoms with van der Waals surface area (Å²) in [6.45, 7) is 1.79. The van der Waals surface area contributed by atoms with E-state index in [1.807, 2.05) is 31.1 Å². The Hall–Kier alpha value is -2.67. The normalized spacial score (nSPS) is 16.9. The zero-order chi connectivity index (χ0) is 18.7. The van der Waals surface area contributed by atoms with Crippen molar-refractivity contribution in [1.82, 2.24) is 19.4 Å². The van der Waals surface area contributed by atoms with E-state index >= 15 is 0 Å². The summed E-state index contributed by atoms with van der Waals surface area (Å²) >= 11 is 0. The minimum absolute atomic E-state index is 0.0823. The first kappa shape index (κ1) is 18.1. The van der Waals surface area contributed by atoms with E-state index in [2.05, 4.69) is 4.98 Å². The van der Waals surface area contributed by atoms with Gasteiger partial charge in [0.1, 0.15) is 17.4 Å². The molecular formula is C19H24N4O3. The zero-order valence-electron chi connectivity index (χ0n) is 15.4. The molecule has 7 nitrogen and oxygen atoms in total. The molecule has 1 amide bonds. The number of nitrogens with zero attached hydrogens (tertiary/aromatic N) is 4. The fraction of sp³-hybridized carbons (Fsp3) is 0.421. The van der Waals surface area contributed by atoms with Gasteiger partial charge in [0.2, 0.25) is 0 Å². The average molecular weight is 356 g/mol. The number of hydrogen-bond donors (Lipinski definition) is 0. The van der Waals surface area contributed by atoms with E-state index in [0.29, 0.717) is 13.1 Å². The highest BCUT2D eigenvalue weighted by molar-refractivity contribution is 5.94. The van der Waals surface area contributed by atoms with E-state index in [4.69, 9.17) is 4.74 Å². The fourth-order valence-corrected chi connectivity index (χ4v) is 3.07. The van der Waals surface area contributed by atoms with Crippen LogP contribution >= 0.6 is 0 Å². The van der Waals surface area contributed by atoms with Crippen LogP contribution in [0.2, 0.25) is 0 Å². The van der Waals surface area contributed by atoms with Crippen molar-refractivity contribution in [3.05, 3.63) is 58.3 Å². The van der Waals surface area contributed by atoms with E-state index in [-0.39, 0.29) is 23.1 Å². The topological polar surface area (TPSA) is 67.7 Å². The molecule has 0 spiro atoms. The lowest BCUT2D eigenvalue weighted by atomic mass is 10.2. The van der Waals surface area contributed by atoms with E-state index < -0.39 is 0 Å². The van der Waals surface area contributed by atoms with Crippen molar-refractivity contribution in [2.75, 3.05) is 27.2 Å². The van der Waals surface area contributed by atoms with Crippen LogP contribution in [0.1, 0.15) is 22.5 Å². The Labute approximate surface area is 152 Å². The highest BCUT2D eigenvalue weighted by Crippen LogP contribution is 2.20. The Morgan fingerprint density at radius 1 is 1.38 bits per heavy atom. The van der Waals surface area contributed by atoms with Crippen molar-refractivity contribution < 1.29 is 9.53 Å². The summed E-state index contributed by atoms with van der Waals surface area (Å²) in [6, 6.07) is 7.05. The van der Waals surface area contributed by atoms with Gasteiger partial charge in [-0.3, -0.25) is 14.6 Å². The molecule has 7 heteroatoms. The summed E-state index contributed by atoms with van der Waals surface area (Å²) < 4.78 is 7.45. The monoisotopic (exact) mass is 356 g/mol. The Balaban J connectivity index is 1.65. The standard InChI is InChI=1S/C19H24N4O3/c1-21(2)12-14-11-15(6-8-20-14)26-16-7-10-23(13-16)19(25)17-5-4-9-22(3)18(17)24/h4-6,8-9,11,16H,7,10,12-13H2,1-3H3. The van der Waals surface area contributed by atoms with Gasteiger partial charge in [0.15, 0.2) is 0 Å². The Kier molecular flexibility index (Phi) is 5.37. The van der Waals surface area contributed by atoms with Crippen LogP contribution in [-0.4, -0.2) is 58.5 Å². The largest absolute Gasteiger partial charge is 0.488 e. The van der Waals surface area contributed by atoms with Crippen LogP contribution in [0.15, 0.2) is 41.5 Å². The smallest absolute Gasteiger partial charge is 0.263 e. The van der Waals surface area contributed by atoms with Crippen molar-refractivity contribution in [3.63, 3.8) is 0 Å². The first-order valence-corrected chi connectivity index (χ1v) is 8.65. The second kappa shape index (κ2) is 7.70. The second-order valence-corrected chi connectivity index (χ2v) is 6.84. The molecular weight excluding hydrogens is 332 g/mol. The summed E-state index contributed by atoms with van der Waals surface area (Å²) in [5.74, 6) is 0.520. The molecule has 1 aliphatic rings. The van der Waals surface area contributed by atoms with Crippen LogP contribution in [0, 0.1) is 0 Å². The zero-order valence-corrected chi connectivity index (χ0v) is 15.4. The second-order valence-electron chi connectivity index (χ2n) is 6.84. The molecule has 2 aromatic heterocycles. The van der Waals surface area contributed by atoms with Gasteiger partial charge in [-0.25, -0.2) is 0 Å². The summed E-state index contributed by atoms with van der Waals surface area (Å²) in [7, 11) is 5.62. The quantitative estimate of drug-likeness (QED) is 0.804. The molecule has 3 heterocycles. The van der Waals surface area contributed by atoms with Gasteiger partial charge >= 0.3 is 0 Å². The van der Waals surface area contributed by atoms with Gasteiger partial charge in [-0.1, -0.05) is 0 Å². The van der Waals surface area contributed by atoms with Crippen LogP contribution in [0.3, 0.4) is 0 Å². The number of ether oxygens (including phenoxy) is 1. The van der Waals surface area contributed by atoms with Gasteiger partial charge in [-0.05, 0) is 32.3 Å². The number of aryl methyl sites for hydroxylation is 1. The van der Waals surface area contributed by atoms with Crippen molar-refractivity contribution >= 4 is 5.91 Å². The Morgan fingerprint density at radius 3 is 2.96 bits per heavy atom. The van der Waals surface area contributed by atoms with Gasteiger partial charge in [-0.15, -0.1) is 0 Å². The van der Waals surface area contributed by atoms with Crippen molar-refractivity contribution in [2.24, 2.45) is 7.05 Å². The SMILES string of the molecule is CN(C)Cc1cc(OC2CCN(C(=O)c3cccn(C)c3=O)C2)ccn1. The maximum atomic E-state index is 12.6. The first-order chi connectivity index (χ1) is 12.4. The molecule has 0 aromatic carbocycles. The van der Waals surface area contributed by atoms with Crippen molar-refractivity contribution in [2.45, 2.75) is 19.1 Å².